The van der Waals surface area contributed by atoms with E-state index in [9.17, 15) is 5.11 Å². The zero-order valence-electron chi connectivity index (χ0n) is 17.5. The van der Waals surface area contributed by atoms with Crippen molar-refractivity contribution in [3.05, 3.63) is 66.1 Å². The van der Waals surface area contributed by atoms with Crippen LogP contribution in [0.2, 0.25) is 0 Å². The molecule has 1 aliphatic heterocycles. The van der Waals surface area contributed by atoms with Gasteiger partial charge in [-0.1, -0.05) is 12.1 Å². The van der Waals surface area contributed by atoms with E-state index in [1.807, 2.05) is 55.1 Å². The van der Waals surface area contributed by atoms with E-state index in [0.717, 1.165) is 35.2 Å². The van der Waals surface area contributed by atoms with E-state index in [1.54, 1.807) is 12.5 Å². The number of anilines is 1. The lowest BCUT2D eigenvalue weighted by Gasteiger charge is -2.24. The summed E-state index contributed by atoms with van der Waals surface area (Å²) in [5.41, 5.74) is 1.31. The van der Waals surface area contributed by atoms with Gasteiger partial charge in [0.1, 0.15) is 30.3 Å². The molecule has 0 radical (unpaired) electrons. The van der Waals surface area contributed by atoms with Crippen LogP contribution in [0.5, 0.6) is 5.75 Å². The minimum Gasteiger partial charge on any atom is -0.486 e. The molecule has 0 saturated carbocycles. The van der Waals surface area contributed by atoms with Crippen molar-refractivity contribution in [1.82, 2.24) is 24.8 Å². The third-order valence-electron chi connectivity index (χ3n) is 5.44. The minimum atomic E-state index is -0.760. The van der Waals surface area contributed by atoms with Gasteiger partial charge in [-0.3, -0.25) is 0 Å². The van der Waals surface area contributed by atoms with Crippen LogP contribution >= 0.6 is 0 Å². The number of ether oxygens (including phenoxy) is 1. The molecule has 8 heteroatoms. The third kappa shape index (κ3) is 4.95. The topological polar surface area (TPSA) is 88.3 Å². The van der Waals surface area contributed by atoms with Crippen LogP contribution in [-0.2, 0) is 20.2 Å². The van der Waals surface area contributed by atoms with E-state index in [2.05, 4.69) is 25.2 Å². The van der Waals surface area contributed by atoms with Crippen molar-refractivity contribution in [3.8, 4) is 5.75 Å². The number of aliphatic hydroxyl groups is 1. The van der Waals surface area contributed by atoms with E-state index < -0.39 is 5.60 Å². The van der Waals surface area contributed by atoms with Gasteiger partial charge in [0.25, 0.3) is 0 Å². The summed E-state index contributed by atoms with van der Waals surface area (Å²) in [6.07, 6.45) is 5.95. The fraction of sp³-hybridized carbons (Fsp3) is 0.409. The molecule has 4 rings (SSSR count). The molecular formula is C22H28N6O2. The minimum absolute atomic E-state index is 0.441. The molecule has 1 fully saturated rings. The van der Waals surface area contributed by atoms with Gasteiger partial charge in [0, 0.05) is 57.4 Å². The Morgan fingerprint density at radius 2 is 2.03 bits per heavy atom. The van der Waals surface area contributed by atoms with Crippen LogP contribution in [0.4, 0.5) is 5.82 Å². The molecule has 2 N–H and O–H groups in total. The molecule has 8 nitrogen and oxygen atoms in total. The predicted molar refractivity (Wildman–Crippen MR) is 114 cm³/mol. The van der Waals surface area contributed by atoms with E-state index >= 15 is 0 Å². The number of imidazole rings is 1. The Labute approximate surface area is 176 Å². The second-order valence-corrected chi connectivity index (χ2v) is 7.90. The number of aromatic nitrogens is 4. The standard InChI is InChI=1S/C22H28N6O2/c1-17-11-20(26-16-25-17)28-9-7-22(29,15-28)14-23-12-18-3-5-19(6-4-18)30-13-21-24-8-10-27(21)2/h3-6,8,10-11,16,23,29H,7,9,12-15H2,1-2H3/t22-/m0/s1. The summed E-state index contributed by atoms with van der Waals surface area (Å²) in [5, 5.41) is 14.3. The van der Waals surface area contributed by atoms with E-state index in [1.165, 1.54) is 0 Å². The summed E-state index contributed by atoms with van der Waals surface area (Å²) in [6, 6.07) is 9.95. The molecule has 0 unspecified atom stereocenters. The first-order valence-corrected chi connectivity index (χ1v) is 10.2. The second kappa shape index (κ2) is 8.81. The molecule has 2 aromatic heterocycles. The third-order valence-corrected chi connectivity index (χ3v) is 5.44. The monoisotopic (exact) mass is 408 g/mol. The van der Waals surface area contributed by atoms with Gasteiger partial charge in [-0.05, 0) is 31.0 Å². The van der Waals surface area contributed by atoms with Crippen molar-refractivity contribution in [2.75, 3.05) is 24.5 Å². The van der Waals surface area contributed by atoms with Gasteiger partial charge in [0.15, 0.2) is 0 Å². The zero-order valence-corrected chi connectivity index (χ0v) is 17.5. The molecule has 3 aromatic rings. The van der Waals surface area contributed by atoms with Crippen LogP contribution in [0.1, 0.15) is 23.5 Å². The summed E-state index contributed by atoms with van der Waals surface area (Å²) >= 11 is 0. The molecule has 0 bridgehead atoms. The molecular weight excluding hydrogens is 380 g/mol. The first kappa shape index (κ1) is 20.3. The Morgan fingerprint density at radius 1 is 1.20 bits per heavy atom. The highest BCUT2D eigenvalue weighted by Gasteiger charge is 2.36. The van der Waals surface area contributed by atoms with Crippen molar-refractivity contribution in [2.45, 2.75) is 32.1 Å². The molecule has 1 aromatic carbocycles. The average Bonchev–Trinajstić information content (AvgIpc) is 3.33. The molecule has 0 aliphatic carbocycles. The Kier molecular flexibility index (Phi) is 5.96. The summed E-state index contributed by atoms with van der Waals surface area (Å²) in [7, 11) is 1.95. The first-order valence-electron chi connectivity index (χ1n) is 10.2. The largest absolute Gasteiger partial charge is 0.486 e. The quantitative estimate of drug-likeness (QED) is 0.588. The van der Waals surface area contributed by atoms with Crippen LogP contribution in [-0.4, -0.2) is 49.9 Å². The molecule has 1 atom stereocenters. The van der Waals surface area contributed by atoms with Crippen LogP contribution in [0.3, 0.4) is 0 Å². The highest BCUT2D eigenvalue weighted by Crippen LogP contribution is 2.25. The fourth-order valence-corrected chi connectivity index (χ4v) is 3.64. The molecule has 3 heterocycles. The van der Waals surface area contributed by atoms with Gasteiger partial charge in [-0.15, -0.1) is 0 Å². The van der Waals surface area contributed by atoms with Gasteiger partial charge in [0.2, 0.25) is 0 Å². The smallest absolute Gasteiger partial charge is 0.146 e. The van der Waals surface area contributed by atoms with Gasteiger partial charge in [-0.25, -0.2) is 15.0 Å². The summed E-state index contributed by atoms with van der Waals surface area (Å²) in [6.45, 7) is 4.97. The highest BCUT2D eigenvalue weighted by molar-refractivity contribution is 5.41. The Hall–Kier alpha value is -2.97. The van der Waals surface area contributed by atoms with Crippen molar-refractivity contribution in [3.63, 3.8) is 0 Å². The number of nitrogens with one attached hydrogen (secondary N) is 1. The maximum Gasteiger partial charge on any atom is 0.146 e. The number of rotatable bonds is 8. The fourth-order valence-electron chi connectivity index (χ4n) is 3.64. The lowest BCUT2D eigenvalue weighted by atomic mass is 10.0. The Morgan fingerprint density at radius 3 is 2.77 bits per heavy atom. The number of nitrogens with zero attached hydrogens (tertiary/aromatic N) is 5. The summed E-state index contributed by atoms with van der Waals surface area (Å²) in [4.78, 5) is 14.8. The maximum absolute atomic E-state index is 10.9. The van der Waals surface area contributed by atoms with Gasteiger partial charge >= 0.3 is 0 Å². The van der Waals surface area contributed by atoms with Crippen molar-refractivity contribution >= 4 is 5.82 Å². The van der Waals surface area contributed by atoms with Crippen LogP contribution in [0, 0.1) is 6.92 Å². The van der Waals surface area contributed by atoms with Gasteiger partial charge < -0.3 is 24.6 Å². The zero-order chi connectivity index (χ0) is 21.0. The predicted octanol–water partition coefficient (Wildman–Crippen LogP) is 1.83. The molecule has 30 heavy (non-hydrogen) atoms. The lowest BCUT2D eigenvalue weighted by Crippen LogP contribution is -2.43. The SMILES string of the molecule is Cc1cc(N2CC[C@](O)(CNCc3ccc(OCc4nccn4C)cc3)C2)ncn1. The van der Waals surface area contributed by atoms with Crippen molar-refractivity contribution in [1.29, 1.82) is 0 Å². The van der Waals surface area contributed by atoms with Gasteiger partial charge in [0.05, 0.1) is 5.60 Å². The highest BCUT2D eigenvalue weighted by atomic mass is 16.5. The van der Waals surface area contributed by atoms with Gasteiger partial charge in [-0.2, -0.15) is 0 Å². The Balaban J connectivity index is 1.23. The average molecular weight is 409 g/mol. The number of benzene rings is 1. The molecule has 158 valence electrons. The summed E-state index contributed by atoms with van der Waals surface area (Å²) in [5.74, 6) is 2.57. The van der Waals surface area contributed by atoms with E-state index in [0.29, 0.717) is 32.7 Å². The molecule has 0 amide bonds. The van der Waals surface area contributed by atoms with E-state index in [4.69, 9.17) is 4.74 Å². The lowest BCUT2D eigenvalue weighted by molar-refractivity contribution is 0.0626. The van der Waals surface area contributed by atoms with Crippen molar-refractivity contribution < 1.29 is 9.84 Å². The number of hydrogen-bond acceptors (Lipinski definition) is 7. The van der Waals surface area contributed by atoms with E-state index in [-0.39, 0.29) is 0 Å². The normalized spacial score (nSPS) is 18.7. The van der Waals surface area contributed by atoms with Crippen LogP contribution in [0.25, 0.3) is 0 Å². The first-order chi connectivity index (χ1) is 14.5. The molecule has 1 aliphatic rings. The van der Waals surface area contributed by atoms with Crippen LogP contribution in [0.15, 0.2) is 49.1 Å². The summed E-state index contributed by atoms with van der Waals surface area (Å²) < 4.78 is 7.73. The molecule has 1 saturated heterocycles. The molecule has 0 spiro atoms. The number of hydrogen-bond donors (Lipinski definition) is 2. The Bertz CT molecular complexity index is 974. The van der Waals surface area contributed by atoms with Crippen LogP contribution < -0.4 is 15.0 Å². The number of β-amino-alcohol motifs (C(OH)–C–C–N with tert-alkyl or cyclic N) is 1. The second-order valence-electron chi connectivity index (χ2n) is 7.90. The maximum atomic E-state index is 10.9. The number of aryl methyl sites for hydroxylation is 2. The van der Waals surface area contributed by atoms with Crippen molar-refractivity contribution in [2.24, 2.45) is 7.05 Å².